The molecule has 1 rings (SSSR count). The lowest BCUT2D eigenvalue weighted by Crippen LogP contribution is -2.31. The van der Waals surface area contributed by atoms with Crippen LogP contribution < -0.4 is 0 Å². The van der Waals surface area contributed by atoms with Crippen molar-refractivity contribution in [1.29, 1.82) is 0 Å². The highest BCUT2D eigenvalue weighted by Crippen LogP contribution is 2.22. The van der Waals surface area contributed by atoms with Gasteiger partial charge < -0.3 is 12.9 Å². The Balaban J connectivity index is 2.45. The molecule has 62 valence electrons. The molecule has 1 heterocycles. The first-order valence-electron chi connectivity index (χ1n) is 3.13. The van der Waals surface area contributed by atoms with E-state index in [2.05, 4.69) is 3.07 Å². The Morgan fingerprint density at radius 3 is 2.73 bits per heavy atom. The predicted octanol–water partition coefficient (Wildman–Crippen LogP) is -0.0546. The van der Waals surface area contributed by atoms with Crippen molar-refractivity contribution in [3.63, 3.8) is 0 Å². The van der Waals surface area contributed by atoms with Gasteiger partial charge in [0.1, 0.15) is 49.2 Å². The van der Waals surface area contributed by atoms with Gasteiger partial charge in [0.05, 0.1) is 12.6 Å². The molecule has 4 atom stereocenters. The fraction of sp³-hybridized carbons (Fsp3) is 1.00. The highest BCUT2D eigenvalue weighted by Gasteiger charge is 2.41. The zero-order valence-corrected chi connectivity index (χ0v) is 7.77. The summed E-state index contributed by atoms with van der Waals surface area (Å²) in [6.07, 6.45) is -3.32. The van der Waals surface area contributed by atoms with Gasteiger partial charge in [0.15, 0.2) is 0 Å². The summed E-state index contributed by atoms with van der Waals surface area (Å²) in [5, 5.41) is 9.10. The van der Waals surface area contributed by atoms with Crippen molar-refractivity contribution in [2.75, 3.05) is 6.61 Å². The third-order valence-electron chi connectivity index (χ3n) is 1.58. The molecule has 0 saturated carbocycles. The number of ether oxygens (including phenoxy) is 1. The third kappa shape index (κ3) is 2.04. The first-order valence-corrected chi connectivity index (χ1v) is 4.01. The second kappa shape index (κ2) is 4.02. The number of hydrogen-bond donors (Lipinski definition) is 1. The SMILES string of the molecule is [B][C@@H]1O[C@H](COI)C(O)C1F. The molecule has 1 aliphatic rings. The van der Waals surface area contributed by atoms with Crippen molar-refractivity contribution in [3.8, 4) is 0 Å². The van der Waals surface area contributed by atoms with Crippen LogP contribution in [-0.2, 0) is 7.80 Å². The molecule has 0 aromatic rings. The smallest absolute Gasteiger partial charge is 0.146 e. The molecule has 0 bridgehead atoms. The summed E-state index contributed by atoms with van der Waals surface area (Å²) in [4.78, 5) is 0. The third-order valence-corrected chi connectivity index (χ3v) is 1.94. The maximum atomic E-state index is 12.7. The highest BCUT2D eigenvalue weighted by atomic mass is 127. The summed E-state index contributed by atoms with van der Waals surface area (Å²) in [7, 11) is 5.17. The minimum atomic E-state index is -1.51. The highest BCUT2D eigenvalue weighted by molar-refractivity contribution is 14.1. The number of rotatable bonds is 2. The van der Waals surface area contributed by atoms with Gasteiger partial charge in [0, 0.05) is 0 Å². The van der Waals surface area contributed by atoms with Crippen LogP contribution in [-0.4, -0.2) is 43.9 Å². The van der Waals surface area contributed by atoms with Crippen LogP contribution in [0.15, 0.2) is 0 Å². The van der Waals surface area contributed by atoms with Gasteiger partial charge in [-0.3, -0.25) is 0 Å². The molecule has 3 nitrogen and oxygen atoms in total. The zero-order valence-electron chi connectivity index (χ0n) is 5.61. The number of aliphatic hydroxyl groups is 1. The standard InChI is InChI=1S/C5H7BFIO3/c6-5-3(7)4(9)2(11-5)1-10-8/h2-5,9H,1H2/t2-,3?,4?,5-/m1/s1. The van der Waals surface area contributed by atoms with Crippen molar-refractivity contribution in [2.45, 2.75) is 24.4 Å². The first kappa shape index (κ1) is 9.69. The van der Waals surface area contributed by atoms with Gasteiger partial charge >= 0.3 is 0 Å². The van der Waals surface area contributed by atoms with Gasteiger partial charge in [-0.25, -0.2) is 4.39 Å². The summed E-state index contributed by atoms with van der Waals surface area (Å²) in [5.74, 6) is 0. The lowest BCUT2D eigenvalue weighted by Gasteiger charge is -2.11. The van der Waals surface area contributed by atoms with E-state index in [1.54, 1.807) is 23.0 Å². The fourth-order valence-corrected chi connectivity index (χ4v) is 1.31. The molecule has 0 aromatic carbocycles. The van der Waals surface area contributed by atoms with Crippen molar-refractivity contribution in [1.82, 2.24) is 0 Å². The summed E-state index contributed by atoms with van der Waals surface area (Å²) >= 11 is 1.65. The predicted molar refractivity (Wildman–Crippen MR) is 45.3 cm³/mol. The van der Waals surface area contributed by atoms with E-state index in [1.807, 2.05) is 0 Å². The average molecular weight is 272 g/mol. The number of aliphatic hydroxyl groups excluding tert-OH is 1. The van der Waals surface area contributed by atoms with E-state index in [0.717, 1.165) is 0 Å². The molecule has 0 amide bonds. The quantitative estimate of drug-likeness (QED) is 0.565. The lowest BCUT2D eigenvalue weighted by molar-refractivity contribution is 0.00990. The van der Waals surface area contributed by atoms with Gasteiger partial charge in [0.2, 0.25) is 0 Å². The maximum Gasteiger partial charge on any atom is 0.146 e. The second-order valence-electron chi connectivity index (χ2n) is 2.35. The summed E-state index contributed by atoms with van der Waals surface area (Å²) in [6.45, 7) is 0.149. The first-order chi connectivity index (χ1) is 5.16. The molecule has 6 heteroatoms. The largest absolute Gasteiger partial charge is 0.387 e. The normalized spacial score (nSPS) is 44.6. The van der Waals surface area contributed by atoms with Crippen LogP contribution in [0.4, 0.5) is 4.39 Å². The van der Waals surface area contributed by atoms with E-state index in [0.29, 0.717) is 0 Å². The molecule has 1 N–H and O–H groups in total. The number of hydrogen-bond acceptors (Lipinski definition) is 3. The Labute approximate surface area is 79.3 Å². The van der Waals surface area contributed by atoms with Gasteiger partial charge in [-0.15, -0.1) is 0 Å². The van der Waals surface area contributed by atoms with Crippen LogP contribution >= 0.6 is 23.0 Å². The zero-order chi connectivity index (χ0) is 8.43. The molecule has 1 aliphatic heterocycles. The average Bonchev–Trinajstić information content (AvgIpc) is 2.19. The van der Waals surface area contributed by atoms with E-state index in [1.165, 1.54) is 0 Å². The minimum Gasteiger partial charge on any atom is -0.387 e. The van der Waals surface area contributed by atoms with Crippen LogP contribution in [0.2, 0.25) is 0 Å². The summed E-state index contributed by atoms with van der Waals surface area (Å²) in [6, 6.07) is -1.03. The van der Waals surface area contributed by atoms with Gasteiger partial charge in [0.25, 0.3) is 0 Å². The van der Waals surface area contributed by atoms with Crippen molar-refractivity contribution >= 4 is 30.9 Å². The van der Waals surface area contributed by atoms with Crippen molar-refractivity contribution in [2.24, 2.45) is 0 Å². The van der Waals surface area contributed by atoms with Crippen LogP contribution in [0.5, 0.6) is 0 Å². The molecule has 1 fully saturated rings. The minimum absolute atomic E-state index is 0.149. The second-order valence-corrected chi connectivity index (χ2v) is 2.97. The number of halogens is 2. The monoisotopic (exact) mass is 272 g/mol. The summed E-state index contributed by atoms with van der Waals surface area (Å²) < 4.78 is 22.2. The molecule has 0 spiro atoms. The van der Waals surface area contributed by atoms with E-state index in [4.69, 9.17) is 17.7 Å². The molecular formula is C5H7BFIO3. The Bertz CT molecular complexity index is 139. The van der Waals surface area contributed by atoms with Gasteiger partial charge in [-0.1, -0.05) is 0 Å². The van der Waals surface area contributed by atoms with E-state index >= 15 is 0 Å². The summed E-state index contributed by atoms with van der Waals surface area (Å²) in [5.41, 5.74) is 0. The molecule has 2 radical (unpaired) electrons. The maximum absolute atomic E-state index is 12.7. The van der Waals surface area contributed by atoms with Crippen LogP contribution in [0.1, 0.15) is 0 Å². The van der Waals surface area contributed by atoms with E-state index in [-0.39, 0.29) is 6.61 Å². The van der Waals surface area contributed by atoms with E-state index in [9.17, 15) is 4.39 Å². The van der Waals surface area contributed by atoms with Crippen LogP contribution in [0, 0.1) is 0 Å². The molecule has 2 unspecified atom stereocenters. The van der Waals surface area contributed by atoms with E-state index < -0.39 is 24.4 Å². The van der Waals surface area contributed by atoms with Crippen LogP contribution in [0.3, 0.4) is 0 Å². The Morgan fingerprint density at radius 1 is 1.73 bits per heavy atom. The van der Waals surface area contributed by atoms with Crippen LogP contribution in [0.25, 0.3) is 0 Å². The van der Waals surface area contributed by atoms with Gasteiger partial charge in [-0.2, -0.15) is 0 Å². The van der Waals surface area contributed by atoms with Crippen molar-refractivity contribution in [3.05, 3.63) is 0 Å². The molecule has 11 heavy (non-hydrogen) atoms. The Kier molecular flexibility index (Phi) is 3.54. The number of alkyl halides is 1. The lowest BCUT2D eigenvalue weighted by atomic mass is 9.94. The molecule has 1 saturated heterocycles. The Hall–Kier alpha value is 0.605. The van der Waals surface area contributed by atoms with Gasteiger partial charge in [-0.05, 0) is 0 Å². The molecule has 0 aromatic heterocycles. The molecular weight excluding hydrogens is 265 g/mol. The topological polar surface area (TPSA) is 38.7 Å². The Morgan fingerprint density at radius 2 is 2.36 bits per heavy atom. The fourth-order valence-electron chi connectivity index (χ4n) is 0.957. The van der Waals surface area contributed by atoms with Crippen molar-refractivity contribution < 1.29 is 17.3 Å². The molecule has 0 aliphatic carbocycles.